The van der Waals surface area contributed by atoms with Gasteiger partial charge in [-0.1, -0.05) is 6.07 Å². The van der Waals surface area contributed by atoms with Crippen molar-refractivity contribution >= 4 is 35.8 Å². The molecule has 0 spiro atoms. The molecular weight excluding hydrogens is 363 g/mol. The Hall–Kier alpha value is -2.52. The van der Waals surface area contributed by atoms with E-state index in [1.807, 2.05) is 0 Å². The van der Waals surface area contributed by atoms with Crippen LogP contribution in [0, 0.1) is 0 Å². The van der Waals surface area contributed by atoms with Gasteiger partial charge in [-0.2, -0.15) is 0 Å². The van der Waals surface area contributed by atoms with Gasteiger partial charge >= 0.3 is 19.3 Å². The summed E-state index contributed by atoms with van der Waals surface area (Å²) in [4.78, 5) is 24.3. The van der Waals surface area contributed by atoms with Gasteiger partial charge in [-0.3, -0.25) is 4.57 Å². The number of hydrogen-bond donors (Lipinski definition) is 3. The van der Waals surface area contributed by atoms with Crippen molar-refractivity contribution < 1.29 is 29.1 Å². The van der Waals surface area contributed by atoms with Gasteiger partial charge in [0.1, 0.15) is 11.2 Å². The highest BCUT2D eigenvalue weighted by Crippen LogP contribution is 2.19. The SMILES string of the molecule is CC(C)(C)OC(=O)NCc1ccc2c(c1)cc(B(O)O)n2C(=O)OC(C)(C)C. The van der Waals surface area contributed by atoms with Crippen molar-refractivity contribution in [2.75, 3.05) is 0 Å². The fraction of sp³-hybridized carbons (Fsp3) is 0.474. The Kier molecular flexibility index (Phi) is 6.10. The second kappa shape index (κ2) is 7.85. The second-order valence-corrected chi connectivity index (χ2v) is 8.51. The highest BCUT2D eigenvalue weighted by Gasteiger charge is 2.27. The molecule has 0 saturated carbocycles. The molecule has 2 rings (SSSR count). The molecule has 0 aliphatic rings. The highest BCUT2D eigenvalue weighted by molar-refractivity contribution is 6.59. The van der Waals surface area contributed by atoms with Crippen molar-refractivity contribution in [3.63, 3.8) is 0 Å². The van der Waals surface area contributed by atoms with Gasteiger partial charge < -0.3 is 24.8 Å². The molecule has 0 aliphatic carbocycles. The lowest BCUT2D eigenvalue weighted by Gasteiger charge is -2.21. The van der Waals surface area contributed by atoms with Crippen LogP contribution in [0.1, 0.15) is 47.1 Å². The first-order valence-corrected chi connectivity index (χ1v) is 8.97. The van der Waals surface area contributed by atoms with Crippen LogP contribution in [0.4, 0.5) is 9.59 Å². The van der Waals surface area contributed by atoms with E-state index < -0.39 is 30.5 Å². The van der Waals surface area contributed by atoms with E-state index in [0.717, 1.165) is 10.1 Å². The number of fused-ring (bicyclic) bond motifs is 1. The van der Waals surface area contributed by atoms with Crippen molar-refractivity contribution in [2.24, 2.45) is 0 Å². The van der Waals surface area contributed by atoms with Gasteiger partial charge in [0.15, 0.2) is 0 Å². The first-order chi connectivity index (χ1) is 12.8. The van der Waals surface area contributed by atoms with Crippen LogP contribution in [0.25, 0.3) is 10.9 Å². The van der Waals surface area contributed by atoms with Crippen molar-refractivity contribution in [3.8, 4) is 0 Å². The van der Waals surface area contributed by atoms with Crippen molar-refractivity contribution in [1.29, 1.82) is 0 Å². The molecule has 9 heteroatoms. The molecule has 0 fully saturated rings. The third-order valence-electron chi connectivity index (χ3n) is 3.57. The van der Waals surface area contributed by atoms with E-state index in [9.17, 15) is 19.6 Å². The summed E-state index contributed by atoms with van der Waals surface area (Å²) < 4.78 is 11.7. The molecule has 0 atom stereocenters. The first kappa shape index (κ1) is 21.8. The molecule has 1 amide bonds. The molecule has 2 aromatic rings. The van der Waals surface area contributed by atoms with Crippen LogP contribution in [0.2, 0.25) is 0 Å². The van der Waals surface area contributed by atoms with Gasteiger partial charge in [-0.25, -0.2) is 9.59 Å². The summed E-state index contributed by atoms with van der Waals surface area (Å²) in [5, 5.41) is 22.6. The molecule has 0 bridgehead atoms. The fourth-order valence-electron chi connectivity index (χ4n) is 2.59. The topological polar surface area (TPSA) is 110 Å². The van der Waals surface area contributed by atoms with Crippen LogP contribution < -0.4 is 10.9 Å². The van der Waals surface area contributed by atoms with E-state index in [4.69, 9.17) is 9.47 Å². The number of alkyl carbamates (subject to hydrolysis) is 1. The van der Waals surface area contributed by atoms with E-state index in [1.54, 1.807) is 59.7 Å². The Labute approximate surface area is 164 Å². The number of aromatic nitrogens is 1. The predicted molar refractivity (Wildman–Crippen MR) is 106 cm³/mol. The monoisotopic (exact) mass is 390 g/mol. The maximum absolute atomic E-state index is 12.5. The number of carbonyl (C=O) groups is 2. The number of amides is 1. The van der Waals surface area contributed by atoms with Crippen molar-refractivity contribution in [1.82, 2.24) is 9.88 Å². The zero-order valence-corrected chi connectivity index (χ0v) is 17.1. The minimum atomic E-state index is -1.84. The number of hydrogen-bond acceptors (Lipinski definition) is 6. The molecule has 0 unspecified atom stereocenters. The first-order valence-electron chi connectivity index (χ1n) is 8.97. The van der Waals surface area contributed by atoms with Crippen molar-refractivity contribution in [3.05, 3.63) is 29.8 Å². The number of rotatable bonds is 3. The van der Waals surface area contributed by atoms with Crippen LogP contribution in [0.5, 0.6) is 0 Å². The summed E-state index contributed by atoms with van der Waals surface area (Å²) in [5.74, 6) is 0. The van der Waals surface area contributed by atoms with Gasteiger partial charge in [0.2, 0.25) is 0 Å². The number of nitrogens with one attached hydrogen (secondary N) is 1. The average molecular weight is 390 g/mol. The molecule has 28 heavy (non-hydrogen) atoms. The fourth-order valence-corrected chi connectivity index (χ4v) is 2.59. The largest absolute Gasteiger partial charge is 0.506 e. The zero-order chi connectivity index (χ0) is 21.3. The van der Waals surface area contributed by atoms with E-state index in [2.05, 4.69) is 5.32 Å². The molecule has 0 radical (unpaired) electrons. The smallest absolute Gasteiger partial charge is 0.444 e. The average Bonchev–Trinajstić information content (AvgIpc) is 2.88. The molecular formula is C19H27BN2O6. The minimum Gasteiger partial charge on any atom is -0.444 e. The second-order valence-electron chi connectivity index (χ2n) is 8.51. The van der Waals surface area contributed by atoms with E-state index in [-0.39, 0.29) is 12.1 Å². The lowest BCUT2D eigenvalue weighted by molar-refractivity contribution is 0.0519. The standard InChI is InChI=1S/C19H27BN2O6/c1-18(2,3)27-16(23)21-11-12-7-8-14-13(9-12)10-15(20(25)26)22(14)17(24)28-19(4,5)6/h7-10,25-26H,11H2,1-6H3,(H,21,23). The summed E-state index contributed by atoms with van der Waals surface area (Å²) in [7, 11) is -1.84. The number of ether oxygens (including phenoxy) is 2. The third kappa shape index (κ3) is 5.74. The molecule has 0 saturated heterocycles. The van der Waals surface area contributed by atoms with Crippen LogP contribution in [-0.2, 0) is 16.0 Å². The lowest BCUT2D eigenvalue weighted by Crippen LogP contribution is -2.40. The minimum absolute atomic E-state index is 0.00139. The van der Waals surface area contributed by atoms with Gasteiger partial charge in [0, 0.05) is 11.9 Å². The summed E-state index contributed by atoms with van der Waals surface area (Å²) in [5.41, 5.74) is -0.0912. The molecule has 3 N–H and O–H groups in total. The molecule has 152 valence electrons. The van der Waals surface area contributed by atoms with E-state index in [0.29, 0.717) is 10.9 Å². The zero-order valence-electron chi connectivity index (χ0n) is 17.1. The molecule has 1 aromatic carbocycles. The van der Waals surface area contributed by atoms with Crippen LogP contribution in [0.15, 0.2) is 24.3 Å². The number of carbonyl (C=O) groups excluding carboxylic acids is 2. The maximum Gasteiger partial charge on any atom is 0.506 e. The number of nitrogens with zero attached hydrogens (tertiary/aromatic N) is 1. The quantitative estimate of drug-likeness (QED) is 0.693. The van der Waals surface area contributed by atoms with Crippen LogP contribution >= 0.6 is 0 Å². The Morgan fingerprint density at radius 3 is 2.18 bits per heavy atom. The molecule has 1 heterocycles. The van der Waals surface area contributed by atoms with Crippen LogP contribution in [-0.4, -0.2) is 45.1 Å². The normalized spacial score (nSPS) is 12.0. The third-order valence-corrected chi connectivity index (χ3v) is 3.57. The Balaban J connectivity index is 2.29. The molecule has 8 nitrogen and oxygen atoms in total. The Morgan fingerprint density at radius 1 is 1.04 bits per heavy atom. The highest BCUT2D eigenvalue weighted by atomic mass is 16.6. The Bertz CT molecular complexity index is 877. The molecule has 1 aromatic heterocycles. The Morgan fingerprint density at radius 2 is 1.64 bits per heavy atom. The summed E-state index contributed by atoms with van der Waals surface area (Å²) in [6.07, 6.45) is -1.24. The lowest BCUT2D eigenvalue weighted by atomic mass is 9.86. The van der Waals surface area contributed by atoms with Gasteiger partial charge in [0.25, 0.3) is 0 Å². The number of benzene rings is 1. The van der Waals surface area contributed by atoms with Gasteiger partial charge in [-0.05, 0) is 65.3 Å². The van der Waals surface area contributed by atoms with Crippen LogP contribution in [0.3, 0.4) is 0 Å². The predicted octanol–water partition coefficient (Wildman–Crippen LogP) is 2.13. The van der Waals surface area contributed by atoms with Gasteiger partial charge in [-0.15, -0.1) is 0 Å². The maximum atomic E-state index is 12.5. The van der Waals surface area contributed by atoms with E-state index >= 15 is 0 Å². The van der Waals surface area contributed by atoms with Crippen molar-refractivity contribution in [2.45, 2.75) is 59.3 Å². The van der Waals surface area contributed by atoms with E-state index in [1.165, 1.54) is 6.07 Å². The van der Waals surface area contributed by atoms with Gasteiger partial charge in [0.05, 0.1) is 11.1 Å². The summed E-state index contributed by atoms with van der Waals surface area (Å²) >= 11 is 0. The summed E-state index contributed by atoms with van der Waals surface area (Å²) in [6.45, 7) is 10.7. The summed E-state index contributed by atoms with van der Waals surface area (Å²) in [6, 6.07) is 6.64. The molecule has 0 aliphatic heterocycles.